The summed E-state index contributed by atoms with van der Waals surface area (Å²) in [5.74, 6) is -0.562. The average Bonchev–Trinajstić information content (AvgIpc) is 2.86. The van der Waals surface area contributed by atoms with Gasteiger partial charge in [-0.25, -0.2) is 4.98 Å². The van der Waals surface area contributed by atoms with Gasteiger partial charge in [-0.15, -0.1) is 0 Å². The lowest BCUT2D eigenvalue weighted by molar-refractivity contribution is -0.140. The predicted octanol–water partition coefficient (Wildman–Crippen LogP) is 3.90. The number of carbonyl (C=O) groups is 2. The highest BCUT2D eigenvalue weighted by molar-refractivity contribution is 6.07. The van der Waals surface area contributed by atoms with Crippen LogP contribution >= 0.6 is 0 Å². The normalized spacial score (nSPS) is 10.7. The van der Waals surface area contributed by atoms with Crippen LogP contribution in [0.5, 0.6) is 0 Å². The topological polar surface area (TPSA) is 85.3 Å². The molecule has 3 heterocycles. The standard InChI is InChI=1S/C25H22N4O3/c1-32-24(30)11-15-29(17-18-9-13-26-14-10-18)25(31)20-16-23(22-8-4-5-12-27-22)28-21-7-3-2-6-19(20)21/h2-10,12-14,16H,11,15,17H2,1H3. The predicted molar refractivity (Wildman–Crippen MR) is 121 cm³/mol. The van der Waals surface area contributed by atoms with Crippen molar-refractivity contribution in [3.05, 3.63) is 90.4 Å². The number of esters is 1. The molecule has 4 rings (SSSR count). The fourth-order valence-corrected chi connectivity index (χ4v) is 3.46. The van der Waals surface area contributed by atoms with Crippen molar-refractivity contribution in [2.75, 3.05) is 13.7 Å². The Morgan fingerprint density at radius 3 is 2.47 bits per heavy atom. The van der Waals surface area contributed by atoms with Gasteiger partial charge in [-0.3, -0.25) is 19.6 Å². The molecule has 0 aliphatic heterocycles. The molecule has 3 aromatic heterocycles. The minimum atomic E-state index is -0.369. The molecular formula is C25H22N4O3. The highest BCUT2D eigenvalue weighted by Gasteiger charge is 2.21. The zero-order valence-corrected chi connectivity index (χ0v) is 17.6. The number of carbonyl (C=O) groups excluding carboxylic acids is 2. The van der Waals surface area contributed by atoms with Crippen molar-refractivity contribution in [3.63, 3.8) is 0 Å². The quantitative estimate of drug-likeness (QED) is 0.417. The minimum Gasteiger partial charge on any atom is -0.469 e. The zero-order chi connectivity index (χ0) is 22.3. The van der Waals surface area contributed by atoms with E-state index in [0.29, 0.717) is 29.0 Å². The van der Waals surface area contributed by atoms with Gasteiger partial charge in [0, 0.05) is 37.1 Å². The van der Waals surface area contributed by atoms with Crippen molar-refractivity contribution in [3.8, 4) is 11.4 Å². The first-order chi connectivity index (χ1) is 15.7. The molecule has 0 N–H and O–H groups in total. The molecule has 0 atom stereocenters. The van der Waals surface area contributed by atoms with E-state index in [1.165, 1.54) is 7.11 Å². The molecule has 0 fully saturated rings. The number of hydrogen-bond acceptors (Lipinski definition) is 6. The van der Waals surface area contributed by atoms with Crippen LogP contribution in [0.1, 0.15) is 22.3 Å². The fraction of sp³-hybridized carbons (Fsp3) is 0.160. The Morgan fingerprint density at radius 1 is 0.938 bits per heavy atom. The number of pyridine rings is 3. The molecule has 0 saturated heterocycles. The van der Waals surface area contributed by atoms with Gasteiger partial charge < -0.3 is 9.64 Å². The number of methoxy groups -OCH3 is 1. The second kappa shape index (κ2) is 9.78. The maximum atomic E-state index is 13.8. The average molecular weight is 426 g/mol. The van der Waals surface area contributed by atoms with E-state index in [0.717, 1.165) is 10.9 Å². The number of benzene rings is 1. The molecule has 0 aliphatic carbocycles. The van der Waals surface area contributed by atoms with Crippen molar-refractivity contribution in [2.24, 2.45) is 0 Å². The van der Waals surface area contributed by atoms with E-state index in [-0.39, 0.29) is 24.8 Å². The van der Waals surface area contributed by atoms with Gasteiger partial charge in [0.2, 0.25) is 0 Å². The molecule has 1 amide bonds. The molecule has 160 valence electrons. The van der Waals surface area contributed by atoms with Gasteiger partial charge in [0.05, 0.1) is 36.0 Å². The number of ether oxygens (including phenoxy) is 1. The monoisotopic (exact) mass is 426 g/mol. The molecule has 1 aromatic carbocycles. The zero-order valence-electron chi connectivity index (χ0n) is 17.6. The third-order valence-electron chi connectivity index (χ3n) is 5.10. The van der Waals surface area contributed by atoms with Gasteiger partial charge in [0.1, 0.15) is 0 Å². The number of para-hydroxylation sites is 1. The van der Waals surface area contributed by atoms with Gasteiger partial charge >= 0.3 is 5.97 Å². The van der Waals surface area contributed by atoms with Gasteiger partial charge in [0.25, 0.3) is 5.91 Å². The van der Waals surface area contributed by atoms with Crippen LogP contribution in [0.15, 0.2) is 79.3 Å². The summed E-state index contributed by atoms with van der Waals surface area (Å²) in [5.41, 5.74) is 3.43. The smallest absolute Gasteiger partial charge is 0.307 e. The number of fused-ring (bicyclic) bond motifs is 1. The van der Waals surface area contributed by atoms with Crippen LogP contribution in [0.4, 0.5) is 0 Å². The molecule has 0 unspecified atom stereocenters. The maximum absolute atomic E-state index is 13.8. The molecule has 4 aromatic rings. The van der Waals surface area contributed by atoms with E-state index < -0.39 is 0 Å². The summed E-state index contributed by atoms with van der Waals surface area (Å²) in [6.07, 6.45) is 5.15. The Labute approximate surface area is 185 Å². The number of amides is 1. The first-order valence-corrected chi connectivity index (χ1v) is 10.2. The second-order valence-corrected chi connectivity index (χ2v) is 7.20. The summed E-state index contributed by atoms with van der Waals surface area (Å²) < 4.78 is 4.78. The summed E-state index contributed by atoms with van der Waals surface area (Å²) in [6.45, 7) is 0.567. The van der Waals surface area contributed by atoms with Gasteiger partial charge in [-0.1, -0.05) is 24.3 Å². The minimum absolute atomic E-state index is 0.101. The summed E-state index contributed by atoms with van der Waals surface area (Å²) in [5, 5.41) is 0.745. The largest absolute Gasteiger partial charge is 0.469 e. The van der Waals surface area contributed by atoms with E-state index in [2.05, 4.69) is 9.97 Å². The first kappa shape index (κ1) is 21.1. The van der Waals surface area contributed by atoms with Crippen LogP contribution in [-0.4, -0.2) is 45.4 Å². The molecule has 0 spiro atoms. The molecule has 0 radical (unpaired) electrons. The van der Waals surface area contributed by atoms with Gasteiger partial charge in [-0.2, -0.15) is 0 Å². The van der Waals surface area contributed by atoms with E-state index in [1.807, 2.05) is 54.6 Å². The van der Waals surface area contributed by atoms with Crippen molar-refractivity contribution in [2.45, 2.75) is 13.0 Å². The van der Waals surface area contributed by atoms with Gasteiger partial charge in [0.15, 0.2) is 0 Å². The second-order valence-electron chi connectivity index (χ2n) is 7.20. The van der Waals surface area contributed by atoms with E-state index in [1.54, 1.807) is 29.6 Å². The summed E-state index contributed by atoms with van der Waals surface area (Å²) in [7, 11) is 1.34. The number of nitrogens with zero attached hydrogens (tertiary/aromatic N) is 4. The molecule has 32 heavy (non-hydrogen) atoms. The lowest BCUT2D eigenvalue weighted by atomic mass is 10.0. The van der Waals surface area contributed by atoms with Crippen LogP contribution in [0, 0.1) is 0 Å². The van der Waals surface area contributed by atoms with Crippen molar-refractivity contribution in [1.29, 1.82) is 0 Å². The fourth-order valence-electron chi connectivity index (χ4n) is 3.46. The molecule has 0 aliphatic rings. The number of hydrogen-bond donors (Lipinski definition) is 0. The number of aromatic nitrogens is 3. The number of rotatable bonds is 7. The van der Waals surface area contributed by atoms with E-state index in [4.69, 9.17) is 9.72 Å². The van der Waals surface area contributed by atoms with Crippen molar-refractivity contribution >= 4 is 22.8 Å². The molecule has 7 heteroatoms. The van der Waals surface area contributed by atoms with Crippen molar-refractivity contribution in [1.82, 2.24) is 19.9 Å². The van der Waals surface area contributed by atoms with Crippen LogP contribution in [0.2, 0.25) is 0 Å². The third-order valence-corrected chi connectivity index (χ3v) is 5.10. The summed E-state index contributed by atoms with van der Waals surface area (Å²) >= 11 is 0. The Kier molecular flexibility index (Phi) is 6.46. The van der Waals surface area contributed by atoms with E-state index >= 15 is 0 Å². The molecule has 0 saturated carbocycles. The van der Waals surface area contributed by atoms with Crippen molar-refractivity contribution < 1.29 is 14.3 Å². The third kappa shape index (κ3) is 4.78. The lowest BCUT2D eigenvalue weighted by Gasteiger charge is -2.23. The summed E-state index contributed by atoms with van der Waals surface area (Å²) in [6, 6.07) is 18.6. The molecular weight excluding hydrogens is 404 g/mol. The SMILES string of the molecule is COC(=O)CCN(Cc1ccncc1)C(=O)c1cc(-c2ccccn2)nc2ccccc12. The van der Waals surface area contributed by atoms with Crippen LogP contribution in [-0.2, 0) is 16.1 Å². The Balaban J connectivity index is 1.76. The van der Waals surface area contributed by atoms with E-state index in [9.17, 15) is 9.59 Å². The Morgan fingerprint density at radius 2 is 1.72 bits per heavy atom. The van der Waals surface area contributed by atoms with Crippen LogP contribution in [0.25, 0.3) is 22.3 Å². The first-order valence-electron chi connectivity index (χ1n) is 10.2. The molecule has 0 bridgehead atoms. The summed E-state index contributed by atoms with van der Waals surface area (Å²) in [4.78, 5) is 40.3. The Bertz CT molecular complexity index is 1230. The Hall–Kier alpha value is -4.13. The molecule has 7 nitrogen and oxygen atoms in total. The van der Waals surface area contributed by atoms with Crippen LogP contribution < -0.4 is 0 Å². The van der Waals surface area contributed by atoms with Crippen LogP contribution in [0.3, 0.4) is 0 Å². The van der Waals surface area contributed by atoms with Gasteiger partial charge in [-0.05, 0) is 42.0 Å². The lowest BCUT2D eigenvalue weighted by Crippen LogP contribution is -2.33. The highest BCUT2D eigenvalue weighted by atomic mass is 16.5. The maximum Gasteiger partial charge on any atom is 0.307 e. The highest BCUT2D eigenvalue weighted by Crippen LogP contribution is 2.25.